The summed E-state index contributed by atoms with van der Waals surface area (Å²) >= 11 is 0. The first-order chi connectivity index (χ1) is 16.7. The van der Waals surface area contributed by atoms with Crippen molar-refractivity contribution in [2.45, 2.75) is 149 Å². The van der Waals surface area contributed by atoms with Crippen molar-refractivity contribution in [2.24, 2.45) is 5.92 Å². The summed E-state index contributed by atoms with van der Waals surface area (Å²) in [4.78, 5) is 13.4. The topological polar surface area (TPSA) is 72.5 Å². The van der Waals surface area contributed by atoms with E-state index in [0.29, 0.717) is 6.61 Å². The molecule has 0 saturated carbocycles. The molecule has 1 fully saturated rings. The Balaban J connectivity index is 3.55. The Hall–Kier alpha value is 0.138. The Morgan fingerprint density at radius 2 is 1.11 bits per heavy atom. The minimum absolute atomic E-state index is 0.143. The lowest BCUT2D eigenvalue weighted by Crippen LogP contribution is -2.66. The molecule has 5 atom stereocenters. The van der Waals surface area contributed by atoms with Gasteiger partial charge in [0, 0.05) is 0 Å². The summed E-state index contributed by atoms with van der Waals surface area (Å²) in [6, 6.07) is 0. The highest BCUT2D eigenvalue weighted by Crippen LogP contribution is 2.35. The monoisotopic (exact) mass is 594 g/mol. The molecular formula is C26H58O7Si4. The maximum Gasteiger partial charge on any atom is 0.311 e. The third-order valence-corrected chi connectivity index (χ3v) is 9.55. The number of carbonyl (C=O) groups excluding carboxylic acids is 1. The second kappa shape index (κ2) is 14.2. The van der Waals surface area contributed by atoms with E-state index in [-0.39, 0.29) is 18.0 Å². The van der Waals surface area contributed by atoms with Crippen LogP contribution in [0.1, 0.15) is 39.5 Å². The zero-order valence-corrected chi connectivity index (χ0v) is 30.4. The Kier molecular flexibility index (Phi) is 13.5. The molecule has 37 heavy (non-hydrogen) atoms. The van der Waals surface area contributed by atoms with Crippen molar-refractivity contribution in [3.8, 4) is 0 Å². The van der Waals surface area contributed by atoms with Crippen molar-refractivity contribution >= 4 is 39.2 Å². The number of esters is 1. The fourth-order valence-corrected chi connectivity index (χ4v) is 8.27. The summed E-state index contributed by atoms with van der Waals surface area (Å²) < 4.78 is 39.5. The lowest BCUT2D eigenvalue weighted by molar-refractivity contribution is -0.283. The molecule has 1 aliphatic rings. The van der Waals surface area contributed by atoms with Crippen LogP contribution in [0.4, 0.5) is 0 Å². The van der Waals surface area contributed by atoms with Crippen molar-refractivity contribution in [1.29, 1.82) is 0 Å². The van der Waals surface area contributed by atoms with E-state index in [1.165, 1.54) is 0 Å². The van der Waals surface area contributed by atoms with Crippen molar-refractivity contribution in [1.82, 2.24) is 0 Å². The van der Waals surface area contributed by atoms with E-state index in [1.54, 1.807) is 0 Å². The maximum atomic E-state index is 13.4. The molecule has 11 heteroatoms. The van der Waals surface area contributed by atoms with Crippen molar-refractivity contribution < 1.29 is 32.0 Å². The fourth-order valence-electron chi connectivity index (χ4n) is 4.35. The molecule has 1 aliphatic heterocycles. The lowest BCUT2D eigenvalue weighted by Gasteiger charge is -2.50. The highest BCUT2D eigenvalue weighted by Gasteiger charge is 2.53. The molecule has 0 radical (unpaired) electrons. The molecule has 0 aromatic heterocycles. The molecule has 1 heterocycles. The minimum atomic E-state index is -2.08. The van der Waals surface area contributed by atoms with Gasteiger partial charge in [0.15, 0.2) is 33.3 Å². The van der Waals surface area contributed by atoms with Gasteiger partial charge in [0.25, 0.3) is 0 Å². The average molecular weight is 595 g/mol. The Bertz CT molecular complexity index is 689. The van der Waals surface area contributed by atoms with Crippen LogP contribution in [-0.2, 0) is 32.0 Å². The third kappa shape index (κ3) is 13.9. The maximum absolute atomic E-state index is 13.4. The molecule has 0 N–H and O–H groups in total. The van der Waals surface area contributed by atoms with Gasteiger partial charge in [0.1, 0.15) is 24.4 Å². The van der Waals surface area contributed by atoms with Crippen molar-refractivity contribution in [3.05, 3.63) is 0 Å². The number of hydrogen-bond donors (Lipinski definition) is 0. The molecule has 0 aromatic carbocycles. The van der Waals surface area contributed by atoms with Gasteiger partial charge < -0.3 is 27.2 Å². The normalized spacial score (nSPS) is 26.0. The molecule has 0 aromatic rings. The fraction of sp³-hybridized carbons (Fsp3) is 0.962. The number of hydrogen-bond acceptors (Lipinski definition) is 7. The molecule has 7 nitrogen and oxygen atoms in total. The van der Waals surface area contributed by atoms with Crippen LogP contribution >= 0.6 is 0 Å². The predicted octanol–water partition coefficient (Wildman–Crippen LogP) is 6.98. The summed E-state index contributed by atoms with van der Waals surface area (Å²) in [5.74, 6) is -0.353. The van der Waals surface area contributed by atoms with Gasteiger partial charge in [-0.2, -0.15) is 0 Å². The quantitative estimate of drug-likeness (QED) is 0.150. The van der Waals surface area contributed by atoms with Crippen molar-refractivity contribution in [2.75, 3.05) is 6.61 Å². The van der Waals surface area contributed by atoms with Gasteiger partial charge in [-0.25, -0.2) is 0 Å². The predicted molar refractivity (Wildman–Crippen MR) is 162 cm³/mol. The van der Waals surface area contributed by atoms with Gasteiger partial charge in [-0.1, -0.05) is 26.7 Å². The van der Waals surface area contributed by atoms with Crippen LogP contribution in [0.15, 0.2) is 0 Å². The van der Waals surface area contributed by atoms with E-state index < -0.39 is 57.9 Å². The van der Waals surface area contributed by atoms with Gasteiger partial charge in [-0.3, -0.25) is 4.79 Å². The first-order valence-electron chi connectivity index (χ1n) is 14.2. The van der Waals surface area contributed by atoms with Crippen LogP contribution in [0, 0.1) is 5.92 Å². The Labute approximate surface area is 232 Å². The lowest BCUT2D eigenvalue weighted by atomic mass is 9.97. The highest BCUT2D eigenvalue weighted by atomic mass is 28.4. The van der Waals surface area contributed by atoms with Crippen molar-refractivity contribution in [3.63, 3.8) is 0 Å². The summed E-state index contributed by atoms with van der Waals surface area (Å²) in [5.41, 5.74) is 0. The van der Waals surface area contributed by atoms with Crippen LogP contribution in [0.25, 0.3) is 0 Å². The van der Waals surface area contributed by atoms with E-state index in [1.807, 2.05) is 0 Å². The third-order valence-electron chi connectivity index (χ3n) is 5.58. The van der Waals surface area contributed by atoms with Gasteiger partial charge >= 0.3 is 5.97 Å². The van der Waals surface area contributed by atoms with E-state index in [0.717, 1.165) is 25.7 Å². The standard InChI is InChI=1S/C26H58O7Si4/c1-15-17-20(18-16-2)25(27)30-26-24(33-37(12,13)14)23(32-36(9,10)11)22(31-35(6,7)8)21(29-26)19-28-34(3,4)5/h20-24,26H,15-19H2,1-14H3/t21?,22-,23?,24?,26-/m1/s1. The average Bonchev–Trinajstić information content (AvgIpc) is 2.67. The number of carbonyl (C=O) groups is 1. The van der Waals surface area contributed by atoms with E-state index in [9.17, 15) is 4.79 Å². The van der Waals surface area contributed by atoms with E-state index >= 15 is 0 Å². The summed E-state index contributed by atoms with van der Waals surface area (Å²) in [6.45, 7) is 30.5. The summed E-state index contributed by atoms with van der Waals surface area (Å²) in [7, 11) is -7.95. The SMILES string of the molecule is CCCC(CCC)C(=O)O[C@H]1OC(CO[Si](C)(C)C)[C@@H](O[Si](C)(C)C)C(O[Si](C)(C)C)C1O[Si](C)(C)C. The first kappa shape index (κ1) is 35.2. The van der Waals surface area contributed by atoms with Crippen LogP contribution in [-0.4, -0.2) is 76.6 Å². The van der Waals surface area contributed by atoms with Gasteiger partial charge in [-0.05, 0) is 91.4 Å². The van der Waals surface area contributed by atoms with Crippen LogP contribution < -0.4 is 0 Å². The molecule has 1 saturated heterocycles. The Morgan fingerprint density at radius 1 is 0.676 bits per heavy atom. The molecule has 0 aliphatic carbocycles. The van der Waals surface area contributed by atoms with Crippen LogP contribution in [0.3, 0.4) is 0 Å². The molecule has 0 spiro atoms. The van der Waals surface area contributed by atoms with Gasteiger partial charge in [0.2, 0.25) is 6.29 Å². The molecule has 220 valence electrons. The molecule has 1 rings (SSSR count). The van der Waals surface area contributed by atoms with E-state index in [4.69, 9.17) is 27.2 Å². The number of rotatable bonds is 15. The van der Waals surface area contributed by atoms with Gasteiger partial charge in [0.05, 0.1) is 12.5 Å². The van der Waals surface area contributed by atoms with E-state index in [2.05, 4.69) is 92.4 Å². The van der Waals surface area contributed by atoms with Crippen LogP contribution in [0.5, 0.6) is 0 Å². The zero-order valence-electron chi connectivity index (χ0n) is 26.4. The van der Waals surface area contributed by atoms with Gasteiger partial charge in [-0.15, -0.1) is 0 Å². The first-order valence-corrected chi connectivity index (χ1v) is 27.8. The molecule has 0 bridgehead atoms. The largest absolute Gasteiger partial charge is 0.433 e. The second-order valence-corrected chi connectivity index (χ2v) is 32.2. The smallest absolute Gasteiger partial charge is 0.311 e. The highest BCUT2D eigenvalue weighted by molar-refractivity contribution is 6.71. The summed E-state index contributed by atoms with van der Waals surface area (Å²) in [6.07, 6.45) is 0.838. The Morgan fingerprint density at radius 3 is 1.51 bits per heavy atom. The second-order valence-electron chi connectivity index (χ2n) is 14.3. The molecular weight excluding hydrogens is 537 g/mol. The minimum Gasteiger partial charge on any atom is -0.433 e. The number of ether oxygens (including phenoxy) is 2. The zero-order chi connectivity index (χ0) is 28.8. The molecule has 0 amide bonds. The molecule has 3 unspecified atom stereocenters. The van der Waals surface area contributed by atoms with Crippen LogP contribution in [0.2, 0.25) is 78.6 Å². The summed E-state index contributed by atoms with van der Waals surface area (Å²) in [5, 5.41) is 0.